The SMILES string of the molecule is Cc1cccc2sc(N(Cc3ccccn3)C(=O)Cn3cncn3)nc12. The Hall–Kier alpha value is -3.13. The van der Waals surface area contributed by atoms with Crippen molar-refractivity contribution in [2.75, 3.05) is 4.90 Å². The van der Waals surface area contributed by atoms with Crippen LogP contribution in [0.25, 0.3) is 10.2 Å². The van der Waals surface area contributed by atoms with Crippen LogP contribution >= 0.6 is 11.3 Å². The van der Waals surface area contributed by atoms with E-state index in [4.69, 9.17) is 4.98 Å². The minimum Gasteiger partial charge on any atom is -0.280 e. The van der Waals surface area contributed by atoms with Gasteiger partial charge < -0.3 is 0 Å². The van der Waals surface area contributed by atoms with Crippen molar-refractivity contribution in [3.05, 3.63) is 66.5 Å². The highest BCUT2D eigenvalue weighted by Crippen LogP contribution is 2.31. The van der Waals surface area contributed by atoms with Gasteiger partial charge in [-0.1, -0.05) is 29.5 Å². The summed E-state index contributed by atoms with van der Waals surface area (Å²) in [5.41, 5.74) is 2.81. The fourth-order valence-corrected chi connectivity index (χ4v) is 3.70. The summed E-state index contributed by atoms with van der Waals surface area (Å²) in [4.78, 5) is 27.6. The molecule has 0 radical (unpaired) electrons. The molecule has 0 aliphatic carbocycles. The quantitative estimate of drug-likeness (QED) is 0.544. The number of aryl methyl sites for hydroxylation is 1. The van der Waals surface area contributed by atoms with Gasteiger partial charge in [0.25, 0.3) is 5.91 Å². The van der Waals surface area contributed by atoms with Crippen molar-refractivity contribution >= 4 is 32.6 Å². The summed E-state index contributed by atoms with van der Waals surface area (Å²) in [5, 5.41) is 4.68. The van der Waals surface area contributed by atoms with Crippen molar-refractivity contribution in [3.8, 4) is 0 Å². The van der Waals surface area contributed by atoms with Crippen LogP contribution in [0.4, 0.5) is 5.13 Å². The lowest BCUT2D eigenvalue weighted by Crippen LogP contribution is -2.33. The number of pyridine rings is 1. The summed E-state index contributed by atoms with van der Waals surface area (Å²) in [6, 6.07) is 11.7. The highest BCUT2D eigenvalue weighted by molar-refractivity contribution is 7.22. The van der Waals surface area contributed by atoms with E-state index in [0.29, 0.717) is 11.7 Å². The van der Waals surface area contributed by atoms with Crippen LogP contribution in [0.2, 0.25) is 0 Å². The van der Waals surface area contributed by atoms with E-state index in [-0.39, 0.29) is 12.5 Å². The number of benzene rings is 1. The second-order valence-corrected chi connectivity index (χ2v) is 6.82. The highest BCUT2D eigenvalue weighted by atomic mass is 32.1. The van der Waals surface area contributed by atoms with Gasteiger partial charge in [0.1, 0.15) is 19.2 Å². The molecule has 0 bridgehead atoms. The maximum Gasteiger partial charge on any atom is 0.250 e. The Morgan fingerprint density at radius 1 is 1.23 bits per heavy atom. The third kappa shape index (κ3) is 3.31. The summed E-state index contributed by atoms with van der Waals surface area (Å²) in [5.74, 6) is -0.113. The van der Waals surface area contributed by atoms with Gasteiger partial charge in [0.05, 0.1) is 22.5 Å². The number of nitrogens with zero attached hydrogens (tertiary/aromatic N) is 6. The molecule has 0 N–H and O–H groups in total. The topological polar surface area (TPSA) is 76.8 Å². The first kappa shape index (κ1) is 16.3. The van der Waals surface area contributed by atoms with Gasteiger partial charge in [0.2, 0.25) is 0 Å². The van der Waals surface area contributed by atoms with Gasteiger partial charge in [0.15, 0.2) is 5.13 Å². The highest BCUT2D eigenvalue weighted by Gasteiger charge is 2.21. The van der Waals surface area contributed by atoms with Crippen molar-refractivity contribution in [3.63, 3.8) is 0 Å². The molecule has 26 heavy (non-hydrogen) atoms. The van der Waals surface area contributed by atoms with Crippen LogP contribution < -0.4 is 4.90 Å². The number of aromatic nitrogens is 5. The molecule has 3 heterocycles. The number of hydrogen-bond acceptors (Lipinski definition) is 6. The number of carbonyl (C=O) groups is 1. The number of hydrogen-bond donors (Lipinski definition) is 0. The maximum atomic E-state index is 13.0. The van der Waals surface area contributed by atoms with E-state index in [1.54, 1.807) is 11.1 Å². The van der Waals surface area contributed by atoms with Crippen molar-refractivity contribution < 1.29 is 4.79 Å². The van der Waals surface area contributed by atoms with E-state index >= 15 is 0 Å². The summed E-state index contributed by atoms with van der Waals surface area (Å²) in [7, 11) is 0. The molecule has 8 heteroatoms. The normalized spacial score (nSPS) is 11.0. The lowest BCUT2D eigenvalue weighted by Gasteiger charge is -2.19. The lowest BCUT2D eigenvalue weighted by atomic mass is 10.2. The largest absolute Gasteiger partial charge is 0.280 e. The summed E-state index contributed by atoms with van der Waals surface area (Å²) >= 11 is 1.50. The van der Waals surface area contributed by atoms with E-state index in [1.807, 2.05) is 43.3 Å². The third-order valence-corrected chi connectivity index (χ3v) is 5.00. The van der Waals surface area contributed by atoms with E-state index in [0.717, 1.165) is 21.5 Å². The van der Waals surface area contributed by atoms with Crippen molar-refractivity contribution in [1.82, 2.24) is 24.7 Å². The molecule has 0 aliphatic heterocycles. The molecule has 4 aromatic rings. The van der Waals surface area contributed by atoms with Crippen LogP contribution in [0.15, 0.2) is 55.2 Å². The molecule has 0 spiro atoms. The molecular formula is C18H16N6OS. The fraction of sp³-hybridized carbons (Fsp3) is 0.167. The molecule has 4 rings (SSSR count). The van der Waals surface area contributed by atoms with Gasteiger partial charge in [-0.3, -0.25) is 14.7 Å². The third-order valence-electron chi connectivity index (χ3n) is 3.95. The molecule has 0 atom stereocenters. The fourth-order valence-electron chi connectivity index (χ4n) is 2.64. The number of thiazole rings is 1. The van der Waals surface area contributed by atoms with Gasteiger partial charge in [-0.05, 0) is 30.7 Å². The first-order valence-electron chi connectivity index (χ1n) is 8.09. The first-order valence-corrected chi connectivity index (χ1v) is 8.91. The molecule has 0 saturated heterocycles. The Morgan fingerprint density at radius 3 is 2.88 bits per heavy atom. The Morgan fingerprint density at radius 2 is 2.15 bits per heavy atom. The standard InChI is InChI=1S/C18H16N6OS/c1-13-5-4-7-15-17(13)22-18(26-15)24(9-14-6-2-3-8-20-14)16(25)10-23-12-19-11-21-23/h2-8,11-12H,9-10H2,1H3. The van der Waals surface area contributed by atoms with Crippen molar-refractivity contribution in [2.45, 2.75) is 20.0 Å². The van der Waals surface area contributed by atoms with Gasteiger partial charge >= 0.3 is 0 Å². The van der Waals surface area contributed by atoms with E-state index < -0.39 is 0 Å². The zero-order valence-corrected chi connectivity index (χ0v) is 14.9. The van der Waals surface area contributed by atoms with Gasteiger partial charge in [-0.25, -0.2) is 14.6 Å². The summed E-state index contributed by atoms with van der Waals surface area (Å²) < 4.78 is 2.56. The van der Waals surface area contributed by atoms with Crippen LogP contribution in [0.3, 0.4) is 0 Å². The number of amides is 1. The number of fused-ring (bicyclic) bond motifs is 1. The van der Waals surface area contributed by atoms with Crippen molar-refractivity contribution in [1.29, 1.82) is 0 Å². The average Bonchev–Trinajstić information content (AvgIpc) is 3.30. The second kappa shape index (κ2) is 7.01. The minimum absolute atomic E-state index is 0.0989. The first-order chi connectivity index (χ1) is 12.7. The van der Waals surface area contributed by atoms with Gasteiger partial charge in [-0.2, -0.15) is 5.10 Å². The molecule has 0 aliphatic rings. The van der Waals surface area contributed by atoms with Gasteiger partial charge in [0, 0.05) is 6.20 Å². The summed E-state index contributed by atoms with van der Waals surface area (Å²) in [6.07, 6.45) is 4.66. The molecule has 130 valence electrons. The van der Waals surface area contributed by atoms with Crippen LogP contribution in [-0.2, 0) is 17.9 Å². The predicted octanol–water partition coefficient (Wildman–Crippen LogP) is 2.82. The van der Waals surface area contributed by atoms with E-state index in [9.17, 15) is 4.79 Å². The molecule has 7 nitrogen and oxygen atoms in total. The second-order valence-electron chi connectivity index (χ2n) is 5.81. The predicted molar refractivity (Wildman–Crippen MR) is 99.8 cm³/mol. The Kier molecular flexibility index (Phi) is 4.40. The smallest absolute Gasteiger partial charge is 0.250 e. The molecule has 0 saturated carbocycles. The molecule has 1 aromatic carbocycles. The number of anilines is 1. The molecule has 3 aromatic heterocycles. The molecule has 1 amide bonds. The Labute approximate surface area is 154 Å². The van der Waals surface area contributed by atoms with Crippen LogP contribution in [0.5, 0.6) is 0 Å². The zero-order chi connectivity index (χ0) is 17.9. The monoisotopic (exact) mass is 364 g/mol. The number of carbonyl (C=O) groups excluding carboxylic acids is 1. The van der Waals surface area contributed by atoms with E-state index in [2.05, 4.69) is 15.1 Å². The Bertz CT molecular complexity index is 1030. The van der Waals surface area contributed by atoms with Crippen molar-refractivity contribution in [2.24, 2.45) is 0 Å². The summed E-state index contributed by atoms with van der Waals surface area (Å²) in [6.45, 7) is 2.47. The van der Waals surface area contributed by atoms with E-state index in [1.165, 1.54) is 28.7 Å². The van der Waals surface area contributed by atoms with Crippen LogP contribution in [-0.4, -0.2) is 30.6 Å². The number of para-hydroxylation sites is 1. The molecular weight excluding hydrogens is 348 g/mol. The van der Waals surface area contributed by atoms with Crippen LogP contribution in [0, 0.1) is 6.92 Å². The lowest BCUT2D eigenvalue weighted by molar-refractivity contribution is -0.119. The molecule has 0 fully saturated rings. The molecule has 0 unspecified atom stereocenters. The average molecular weight is 364 g/mol. The minimum atomic E-state index is -0.113. The maximum absolute atomic E-state index is 13.0. The van der Waals surface area contributed by atoms with Crippen LogP contribution in [0.1, 0.15) is 11.3 Å². The Balaban J connectivity index is 1.70. The number of rotatable bonds is 5. The zero-order valence-electron chi connectivity index (χ0n) is 14.1. The van der Waals surface area contributed by atoms with Gasteiger partial charge in [-0.15, -0.1) is 0 Å².